The Labute approximate surface area is 223 Å². The molecule has 4 heterocycles. The van der Waals surface area contributed by atoms with Crippen LogP contribution in [0, 0.1) is 12.3 Å². The van der Waals surface area contributed by atoms with E-state index in [9.17, 15) is 31.1 Å². The zero-order valence-electron chi connectivity index (χ0n) is 21.1. The van der Waals surface area contributed by atoms with Crippen LogP contribution in [0.5, 0.6) is 0 Å². The largest absolute Gasteiger partial charge is 0.490 e. The quantitative estimate of drug-likeness (QED) is 0.519. The van der Waals surface area contributed by atoms with Crippen LogP contribution >= 0.6 is 11.3 Å². The van der Waals surface area contributed by atoms with Gasteiger partial charge in [0.1, 0.15) is 0 Å². The van der Waals surface area contributed by atoms with Gasteiger partial charge in [-0.15, -0.1) is 11.3 Å². The van der Waals surface area contributed by atoms with Crippen molar-refractivity contribution in [1.29, 1.82) is 0 Å². The Morgan fingerprint density at radius 3 is 2.10 bits per heavy atom. The third kappa shape index (κ3) is 9.23. The van der Waals surface area contributed by atoms with Gasteiger partial charge >= 0.3 is 24.3 Å². The van der Waals surface area contributed by atoms with E-state index in [2.05, 4.69) is 45.2 Å². The monoisotopic (exact) mass is 586 g/mol. The number of aromatic nitrogens is 2. The predicted molar refractivity (Wildman–Crippen MR) is 127 cm³/mol. The van der Waals surface area contributed by atoms with E-state index in [1.807, 2.05) is 11.8 Å². The lowest BCUT2D eigenvalue weighted by Crippen LogP contribution is -2.47. The molecule has 0 radical (unpaired) electrons. The summed E-state index contributed by atoms with van der Waals surface area (Å²) < 4.78 is 65.6. The molecule has 1 spiro atoms. The second-order valence-electron chi connectivity index (χ2n) is 9.15. The Morgan fingerprint density at radius 2 is 1.64 bits per heavy atom. The Morgan fingerprint density at radius 1 is 1.05 bits per heavy atom. The third-order valence-electron chi connectivity index (χ3n) is 6.20. The average molecular weight is 587 g/mol. The Bertz CT molecular complexity index is 1120. The lowest BCUT2D eigenvalue weighted by Gasteiger charge is -2.39. The zero-order valence-corrected chi connectivity index (χ0v) is 21.9. The summed E-state index contributed by atoms with van der Waals surface area (Å²) >= 11 is 1.66. The SMILES string of the molecule is Cc1nc(CN2CCC3(CCCN(Cc4cccn4C)C3)C2=O)cs1.O=C(O)C(F)(F)F.O=C(O)C(F)(F)F. The number of hydrogen-bond acceptors (Lipinski definition) is 6. The highest BCUT2D eigenvalue weighted by atomic mass is 32.1. The number of carbonyl (C=O) groups excluding carboxylic acids is 1. The number of rotatable bonds is 4. The number of piperidine rings is 1. The minimum absolute atomic E-state index is 0.172. The van der Waals surface area contributed by atoms with Gasteiger partial charge in [-0.2, -0.15) is 26.3 Å². The van der Waals surface area contributed by atoms with Gasteiger partial charge in [0.05, 0.1) is 22.7 Å². The highest BCUT2D eigenvalue weighted by molar-refractivity contribution is 7.09. The summed E-state index contributed by atoms with van der Waals surface area (Å²) in [4.78, 5) is 40.0. The lowest BCUT2D eigenvalue weighted by molar-refractivity contribution is -0.193. The molecule has 2 aromatic heterocycles. The second kappa shape index (κ2) is 12.8. The summed E-state index contributed by atoms with van der Waals surface area (Å²) in [5.41, 5.74) is 2.18. The van der Waals surface area contributed by atoms with Crippen molar-refractivity contribution in [1.82, 2.24) is 19.4 Å². The molecule has 2 aromatic rings. The van der Waals surface area contributed by atoms with Crippen molar-refractivity contribution in [2.45, 2.75) is 51.6 Å². The smallest absolute Gasteiger partial charge is 0.475 e. The van der Waals surface area contributed by atoms with Crippen molar-refractivity contribution in [2.24, 2.45) is 12.5 Å². The van der Waals surface area contributed by atoms with E-state index in [0.29, 0.717) is 12.5 Å². The standard InChI is InChI=1S/C19H26N4OS.2C2HF3O2/c1-15-20-16(13-25-15)11-23-10-7-19(18(23)24)6-4-9-22(14-19)12-17-5-3-8-21(17)2;2*3-2(4,5)1(6)7/h3,5,8,13H,4,6-7,9-12,14H2,1-2H3;2*(H,6,7). The first-order valence-electron chi connectivity index (χ1n) is 11.6. The van der Waals surface area contributed by atoms with E-state index in [0.717, 1.165) is 56.1 Å². The highest BCUT2D eigenvalue weighted by Gasteiger charge is 2.48. The maximum atomic E-state index is 13.2. The molecule has 2 fully saturated rings. The fourth-order valence-corrected chi connectivity index (χ4v) is 4.95. The molecule has 1 unspecified atom stereocenters. The molecular weight excluding hydrogens is 558 g/mol. The number of carboxylic acids is 2. The molecule has 2 aliphatic rings. The topological polar surface area (TPSA) is 116 Å². The Balaban J connectivity index is 0.000000317. The molecule has 218 valence electrons. The van der Waals surface area contributed by atoms with Crippen LogP contribution in [0.15, 0.2) is 23.7 Å². The van der Waals surface area contributed by atoms with Crippen LogP contribution in [0.3, 0.4) is 0 Å². The number of alkyl halides is 6. The summed E-state index contributed by atoms with van der Waals surface area (Å²) in [6, 6.07) is 4.27. The maximum Gasteiger partial charge on any atom is 0.490 e. The van der Waals surface area contributed by atoms with Crippen molar-refractivity contribution in [3.8, 4) is 0 Å². The van der Waals surface area contributed by atoms with Gasteiger partial charge in [0, 0.05) is 44.0 Å². The summed E-state index contributed by atoms with van der Waals surface area (Å²) in [6.45, 7) is 6.47. The van der Waals surface area contributed by atoms with Gasteiger partial charge in [-0.05, 0) is 44.9 Å². The molecule has 0 bridgehead atoms. The average Bonchev–Trinajstić information content (AvgIpc) is 3.50. The Kier molecular flexibility index (Phi) is 10.5. The van der Waals surface area contributed by atoms with Gasteiger partial charge in [0.25, 0.3) is 0 Å². The number of thiazole rings is 1. The van der Waals surface area contributed by atoms with Crippen LogP contribution in [-0.4, -0.2) is 79.4 Å². The molecule has 9 nitrogen and oxygen atoms in total. The molecule has 2 saturated heterocycles. The second-order valence-corrected chi connectivity index (χ2v) is 10.2. The fraction of sp³-hybridized carbons (Fsp3) is 0.565. The number of carbonyl (C=O) groups is 3. The molecule has 2 aliphatic heterocycles. The van der Waals surface area contributed by atoms with E-state index in [1.54, 1.807) is 11.3 Å². The van der Waals surface area contributed by atoms with E-state index >= 15 is 0 Å². The number of halogens is 6. The first kappa shape index (κ1) is 32.1. The van der Waals surface area contributed by atoms with Crippen LogP contribution in [0.4, 0.5) is 26.3 Å². The minimum Gasteiger partial charge on any atom is -0.475 e. The van der Waals surface area contributed by atoms with E-state index < -0.39 is 24.3 Å². The molecule has 1 atom stereocenters. The van der Waals surface area contributed by atoms with Crippen LogP contribution in [0.2, 0.25) is 0 Å². The molecule has 0 aromatic carbocycles. The van der Waals surface area contributed by atoms with Gasteiger partial charge in [0.15, 0.2) is 0 Å². The van der Waals surface area contributed by atoms with Crippen LogP contribution in [0.1, 0.15) is 35.7 Å². The van der Waals surface area contributed by atoms with Crippen LogP contribution < -0.4 is 0 Å². The number of aryl methyl sites for hydroxylation is 2. The summed E-state index contributed by atoms with van der Waals surface area (Å²) in [5.74, 6) is -5.17. The number of aliphatic carboxylic acids is 2. The van der Waals surface area contributed by atoms with Gasteiger partial charge in [0.2, 0.25) is 5.91 Å². The van der Waals surface area contributed by atoms with E-state index in [4.69, 9.17) is 19.8 Å². The number of nitrogens with zero attached hydrogens (tertiary/aromatic N) is 4. The molecular formula is C23H28F6N4O5S. The van der Waals surface area contributed by atoms with Crippen LogP contribution in [0.25, 0.3) is 0 Å². The fourth-order valence-electron chi connectivity index (χ4n) is 4.35. The minimum atomic E-state index is -5.08. The highest BCUT2D eigenvalue weighted by Crippen LogP contribution is 2.41. The van der Waals surface area contributed by atoms with E-state index in [1.165, 1.54) is 5.69 Å². The van der Waals surface area contributed by atoms with Crippen molar-refractivity contribution < 1.29 is 50.9 Å². The maximum absolute atomic E-state index is 13.2. The number of carboxylic acid groups (broad SMARTS) is 2. The van der Waals surface area contributed by atoms with Gasteiger partial charge < -0.3 is 19.7 Å². The molecule has 1 amide bonds. The van der Waals surface area contributed by atoms with Crippen LogP contribution in [-0.2, 0) is 34.5 Å². The molecule has 0 saturated carbocycles. The van der Waals surface area contributed by atoms with Crippen molar-refractivity contribution >= 4 is 29.2 Å². The molecule has 16 heteroatoms. The number of hydrogen-bond donors (Lipinski definition) is 2. The summed E-state index contributed by atoms with van der Waals surface area (Å²) in [6.07, 6.45) is -4.95. The molecule has 39 heavy (non-hydrogen) atoms. The summed E-state index contributed by atoms with van der Waals surface area (Å²) in [5, 5.41) is 17.4. The first-order valence-corrected chi connectivity index (χ1v) is 12.5. The molecule has 0 aliphatic carbocycles. The van der Waals surface area contributed by atoms with Gasteiger partial charge in [-0.1, -0.05) is 0 Å². The van der Waals surface area contributed by atoms with Crippen molar-refractivity contribution in [3.63, 3.8) is 0 Å². The first-order chi connectivity index (χ1) is 17.9. The summed E-state index contributed by atoms with van der Waals surface area (Å²) in [7, 11) is 2.09. The molecule has 2 N–H and O–H groups in total. The van der Waals surface area contributed by atoms with Gasteiger partial charge in [-0.25, -0.2) is 14.6 Å². The zero-order chi connectivity index (χ0) is 29.6. The number of likely N-dealkylation sites (tertiary alicyclic amines) is 2. The van der Waals surface area contributed by atoms with E-state index in [-0.39, 0.29) is 5.41 Å². The molecule has 4 rings (SSSR count). The lowest BCUT2D eigenvalue weighted by atomic mass is 9.78. The normalized spacial score (nSPS) is 19.8. The van der Waals surface area contributed by atoms with Crippen molar-refractivity contribution in [3.05, 3.63) is 40.1 Å². The van der Waals surface area contributed by atoms with Gasteiger partial charge in [-0.3, -0.25) is 9.69 Å². The third-order valence-corrected chi connectivity index (χ3v) is 7.02. The Hall–Kier alpha value is -3.14. The number of amides is 1. The predicted octanol–water partition coefficient (Wildman–Crippen LogP) is 4.07. The van der Waals surface area contributed by atoms with Crippen molar-refractivity contribution in [2.75, 3.05) is 19.6 Å².